The van der Waals surface area contributed by atoms with Crippen molar-refractivity contribution in [3.63, 3.8) is 0 Å². The molecule has 0 unspecified atom stereocenters. The maximum absolute atomic E-state index is 13.9. The highest BCUT2D eigenvalue weighted by Crippen LogP contribution is 2.50. The zero-order valence-electron chi connectivity index (χ0n) is 19.2. The van der Waals surface area contributed by atoms with Crippen LogP contribution in [0.15, 0.2) is 84.9 Å². The molecule has 2 aliphatic heterocycles. The number of methoxy groups -OCH3 is 1. The number of esters is 1. The van der Waals surface area contributed by atoms with Crippen molar-refractivity contribution in [2.45, 2.75) is 24.5 Å². The molecule has 0 spiro atoms. The zero-order valence-corrected chi connectivity index (χ0v) is 19.9. The van der Waals surface area contributed by atoms with Crippen molar-refractivity contribution in [2.75, 3.05) is 7.11 Å². The number of nitrogens with one attached hydrogen (secondary N) is 1. The van der Waals surface area contributed by atoms with E-state index in [1.165, 1.54) is 12.0 Å². The van der Waals surface area contributed by atoms with Crippen molar-refractivity contribution in [3.05, 3.63) is 107 Å². The third-order valence-corrected chi connectivity index (χ3v) is 7.25. The number of halogens is 1. The van der Waals surface area contributed by atoms with Gasteiger partial charge in [-0.2, -0.15) is 0 Å². The SMILES string of the molecule is COC(=O)[C@]1(Cc2ccccc2)N[C@H](c2cccc(Cl)c2)[C@@H]2C(=O)N(Cc3ccccc3)C(=O)[C@@H]21. The highest BCUT2D eigenvalue weighted by atomic mass is 35.5. The number of benzene rings is 3. The number of nitrogens with zero attached hydrogens (tertiary/aromatic N) is 1. The van der Waals surface area contributed by atoms with Gasteiger partial charge in [0.05, 0.1) is 25.5 Å². The number of hydrogen-bond donors (Lipinski definition) is 1. The van der Waals surface area contributed by atoms with Crippen molar-refractivity contribution in [2.24, 2.45) is 11.8 Å². The normalized spacial score (nSPS) is 25.5. The Kier molecular flexibility index (Phi) is 6.17. The largest absolute Gasteiger partial charge is 0.468 e. The second-order valence-corrected chi connectivity index (χ2v) is 9.49. The van der Waals surface area contributed by atoms with Crippen LogP contribution in [0.3, 0.4) is 0 Å². The minimum absolute atomic E-state index is 0.149. The molecule has 6 nitrogen and oxygen atoms in total. The van der Waals surface area contributed by atoms with Crippen LogP contribution in [0.1, 0.15) is 22.7 Å². The molecular formula is C28H25ClN2O4. The number of hydrogen-bond acceptors (Lipinski definition) is 5. The van der Waals surface area contributed by atoms with Gasteiger partial charge in [-0.25, -0.2) is 0 Å². The molecule has 1 N–H and O–H groups in total. The lowest BCUT2D eigenvalue weighted by atomic mass is 9.76. The van der Waals surface area contributed by atoms with Gasteiger partial charge in [0.2, 0.25) is 11.8 Å². The molecule has 178 valence electrons. The van der Waals surface area contributed by atoms with Gasteiger partial charge in [-0.15, -0.1) is 0 Å². The summed E-state index contributed by atoms with van der Waals surface area (Å²) in [5, 5.41) is 3.90. The maximum Gasteiger partial charge on any atom is 0.327 e. The van der Waals surface area contributed by atoms with Crippen LogP contribution in [0.25, 0.3) is 0 Å². The number of amides is 2. The van der Waals surface area contributed by atoms with Crippen molar-refractivity contribution in [3.8, 4) is 0 Å². The molecule has 7 heteroatoms. The predicted octanol–water partition coefficient (Wildman–Crippen LogP) is 3.94. The second-order valence-electron chi connectivity index (χ2n) is 9.05. The van der Waals surface area contributed by atoms with Crippen LogP contribution < -0.4 is 5.32 Å². The number of carbonyl (C=O) groups excluding carboxylic acids is 3. The number of fused-ring (bicyclic) bond motifs is 1. The smallest absolute Gasteiger partial charge is 0.327 e. The third-order valence-electron chi connectivity index (χ3n) is 7.01. The van der Waals surface area contributed by atoms with Crippen molar-refractivity contribution >= 4 is 29.4 Å². The fourth-order valence-electron chi connectivity index (χ4n) is 5.49. The molecule has 2 fully saturated rings. The molecule has 2 saturated heterocycles. The van der Waals surface area contributed by atoms with Crippen LogP contribution in [0.5, 0.6) is 0 Å². The first kappa shape index (κ1) is 23.3. The highest BCUT2D eigenvalue weighted by Gasteiger charge is 2.68. The Labute approximate surface area is 208 Å². The summed E-state index contributed by atoms with van der Waals surface area (Å²) >= 11 is 6.28. The Morgan fingerprint density at radius 2 is 1.60 bits per heavy atom. The Bertz CT molecular complexity index is 1270. The molecule has 0 bridgehead atoms. The highest BCUT2D eigenvalue weighted by molar-refractivity contribution is 6.30. The van der Waals surface area contributed by atoms with Gasteiger partial charge in [0.25, 0.3) is 0 Å². The van der Waals surface area contributed by atoms with Gasteiger partial charge in [-0.1, -0.05) is 84.4 Å². The summed E-state index contributed by atoms with van der Waals surface area (Å²) in [6.45, 7) is 0.149. The van der Waals surface area contributed by atoms with Crippen molar-refractivity contribution in [1.82, 2.24) is 10.2 Å². The van der Waals surface area contributed by atoms with Crippen LogP contribution in [0, 0.1) is 11.8 Å². The van der Waals surface area contributed by atoms with Gasteiger partial charge in [0.1, 0.15) is 5.54 Å². The van der Waals surface area contributed by atoms with Gasteiger partial charge in [-0.05, 0) is 28.8 Å². The first-order valence-electron chi connectivity index (χ1n) is 11.5. The summed E-state index contributed by atoms with van der Waals surface area (Å²) in [4.78, 5) is 42.4. The molecule has 2 heterocycles. The number of ether oxygens (including phenoxy) is 1. The topological polar surface area (TPSA) is 75.7 Å². The van der Waals surface area contributed by atoms with E-state index in [9.17, 15) is 14.4 Å². The van der Waals surface area contributed by atoms with Gasteiger partial charge < -0.3 is 4.74 Å². The van der Waals surface area contributed by atoms with E-state index in [4.69, 9.17) is 16.3 Å². The molecule has 3 aromatic carbocycles. The Morgan fingerprint density at radius 1 is 0.943 bits per heavy atom. The predicted molar refractivity (Wildman–Crippen MR) is 131 cm³/mol. The lowest BCUT2D eigenvalue weighted by Crippen LogP contribution is -2.57. The Balaban J connectivity index is 1.63. The molecule has 5 rings (SSSR count). The maximum atomic E-state index is 13.9. The fourth-order valence-corrected chi connectivity index (χ4v) is 5.69. The van der Waals surface area contributed by atoms with Gasteiger partial charge >= 0.3 is 5.97 Å². The summed E-state index contributed by atoms with van der Waals surface area (Å²) in [5.74, 6) is -2.94. The van der Waals surface area contributed by atoms with Gasteiger partial charge in [0, 0.05) is 17.5 Å². The Morgan fingerprint density at radius 3 is 2.23 bits per heavy atom. The van der Waals surface area contributed by atoms with E-state index in [0.717, 1.165) is 16.7 Å². The molecule has 2 amide bonds. The summed E-state index contributed by atoms with van der Waals surface area (Å²) in [5.41, 5.74) is 1.03. The molecular weight excluding hydrogens is 464 g/mol. The van der Waals surface area contributed by atoms with E-state index in [0.29, 0.717) is 5.02 Å². The van der Waals surface area contributed by atoms with Crippen molar-refractivity contribution in [1.29, 1.82) is 0 Å². The quantitative estimate of drug-likeness (QED) is 0.420. The van der Waals surface area contributed by atoms with E-state index in [1.54, 1.807) is 18.2 Å². The number of rotatable bonds is 6. The second kappa shape index (κ2) is 9.29. The minimum atomic E-state index is -1.41. The van der Waals surface area contributed by atoms with Crippen LogP contribution in [-0.4, -0.2) is 35.3 Å². The lowest BCUT2D eigenvalue weighted by molar-refractivity contribution is -0.154. The summed E-state index contributed by atoms with van der Waals surface area (Å²) in [6.07, 6.45) is 0.205. The lowest BCUT2D eigenvalue weighted by Gasteiger charge is -2.32. The van der Waals surface area contributed by atoms with Crippen LogP contribution in [0.4, 0.5) is 0 Å². The van der Waals surface area contributed by atoms with Crippen molar-refractivity contribution < 1.29 is 19.1 Å². The van der Waals surface area contributed by atoms with E-state index >= 15 is 0 Å². The van der Waals surface area contributed by atoms with E-state index < -0.39 is 29.4 Å². The van der Waals surface area contributed by atoms with Crippen LogP contribution in [-0.2, 0) is 32.1 Å². The summed E-state index contributed by atoms with van der Waals surface area (Å²) in [6, 6.07) is 25.4. The fraction of sp³-hybridized carbons (Fsp3) is 0.250. The van der Waals surface area contributed by atoms with Crippen LogP contribution >= 0.6 is 11.6 Å². The summed E-state index contributed by atoms with van der Waals surface area (Å²) < 4.78 is 5.25. The first-order valence-corrected chi connectivity index (χ1v) is 11.9. The number of likely N-dealkylation sites (tertiary alicyclic amines) is 1. The monoisotopic (exact) mass is 488 g/mol. The molecule has 4 atom stereocenters. The molecule has 0 aliphatic carbocycles. The van der Waals surface area contributed by atoms with Gasteiger partial charge in [-0.3, -0.25) is 24.6 Å². The minimum Gasteiger partial charge on any atom is -0.468 e. The molecule has 0 radical (unpaired) electrons. The van der Waals surface area contributed by atoms with Crippen LogP contribution in [0.2, 0.25) is 5.02 Å². The van der Waals surface area contributed by atoms with E-state index in [-0.39, 0.29) is 24.8 Å². The molecule has 3 aromatic rings. The third kappa shape index (κ3) is 4.03. The van der Waals surface area contributed by atoms with Gasteiger partial charge in [0.15, 0.2) is 0 Å². The van der Waals surface area contributed by atoms with E-state index in [2.05, 4.69) is 5.32 Å². The molecule has 0 saturated carbocycles. The Hall–Kier alpha value is -3.48. The standard InChI is InChI=1S/C28H25ClN2O4/c1-35-27(34)28(16-18-9-4-2-5-10-18)23-22(24(30-28)20-13-8-14-21(29)15-20)25(32)31(26(23)33)17-19-11-6-3-7-12-19/h2-15,22-24,30H,16-17H2,1H3/t22-,23-,24-,28-/m1/s1. The first-order chi connectivity index (χ1) is 16.9. The number of carbonyl (C=O) groups is 3. The summed E-state index contributed by atoms with van der Waals surface area (Å²) in [7, 11) is 1.31. The zero-order chi connectivity index (χ0) is 24.6. The number of imide groups is 1. The molecule has 35 heavy (non-hydrogen) atoms. The average molecular weight is 489 g/mol. The molecule has 0 aromatic heterocycles. The molecule has 2 aliphatic rings. The van der Waals surface area contributed by atoms with E-state index in [1.807, 2.05) is 66.7 Å². The average Bonchev–Trinajstić information content (AvgIpc) is 3.34.